The third-order valence-corrected chi connectivity index (χ3v) is 2.15. The first-order valence-corrected chi connectivity index (χ1v) is 5.74. The summed E-state index contributed by atoms with van der Waals surface area (Å²) in [4.78, 5) is 11.1. The van der Waals surface area contributed by atoms with Crippen LogP contribution < -0.4 is 0 Å². The van der Waals surface area contributed by atoms with Crippen LogP contribution in [0.15, 0.2) is 30.3 Å². The molecule has 0 aliphatic carbocycles. The van der Waals surface area contributed by atoms with Crippen LogP contribution in [0.25, 0.3) is 0 Å². The number of esters is 1. The van der Waals surface area contributed by atoms with Crippen molar-refractivity contribution < 1.29 is 14.3 Å². The van der Waals surface area contributed by atoms with E-state index in [1.807, 2.05) is 51.1 Å². The van der Waals surface area contributed by atoms with Crippen LogP contribution in [0.5, 0.6) is 0 Å². The predicted octanol–water partition coefficient (Wildman–Crippen LogP) is 3.11. The van der Waals surface area contributed by atoms with Gasteiger partial charge in [-0.1, -0.05) is 30.3 Å². The molecule has 0 bridgehead atoms. The fourth-order valence-corrected chi connectivity index (χ4v) is 1.39. The molecular weight excluding hydrogens is 216 g/mol. The topological polar surface area (TPSA) is 35.5 Å². The fraction of sp³-hybridized carbons (Fsp3) is 0.500. The Labute approximate surface area is 103 Å². The van der Waals surface area contributed by atoms with Crippen molar-refractivity contribution in [3.8, 4) is 0 Å². The van der Waals surface area contributed by atoms with Gasteiger partial charge in [-0.15, -0.1) is 0 Å². The number of carbonyl (C=O) groups excluding carboxylic acids is 1. The Bertz CT molecular complexity index is 351. The first kappa shape index (κ1) is 13.7. The zero-order valence-corrected chi connectivity index (χ0v) is 10.9. The number of hydrogen-bond acceptors (Lipinski definition) is 3. The van der Waals surface area contributed by atoms with E-state index in [2.05, 4.69) is 0 Å². The quantitative estimate of drug-likeness (QED) is 0.753. The molecule has 1 unspecified atom stereocenters. The maximum Gasteiger partial charge on any atom is 0.303 e. The molecule has 0 N–H and O–H groups in total. The lowest BCUT2D eigenvalue weighted by atomic mass is 10.1. The van der Waals surface area contributed by atoms with Gasteiger partial charge in [0.15, 0.2) is 6.10 Å². The average molecular weight is 236 g/mol. The fourth-order valence-electron chi connectivity index (χ4n) is 1.39. The van der Waals surface area contributed by atoms with E-state index in [-0.39, 0.29) is 17.7 Å². The molecule has 1 atom stereocenters. The maximum absolute atomic E-state index is 11.1. The van der Waals surface area contributed by atoms with Crippen LogP contribution in [-0.2, 0) is 14.3 Å². The summed E-state index contributed by atoms with van der Waals surface area (Å²) in [5, 5.41) is 0. The second kappa shape index (κ2) is 5.82. The van der Waals surface area contributed by atoms with Gasteiger partial charge in [-0.3, -0.25) is 4.79 Å². The number of carbonyl (C=O) groups is 1. The number of benzene rings is 1. The maximum atomic E-state index is 11.1. The van der Waals surface area contributed by atoms with Gasteiger partial charge in [0, 0.05) is 6.92 Å². The number of ether oxygens (including phenoxy) is 2. The second-order valence-corrected chi connectivity index (χ2v) is 4.93. The molecule has 0 aliphatic rings. The Morgan fingerprint density at radius 1 is 1.24 bits per heavy atom. The minimum atomic E-state index is -0.340. The van der Waals surface area contributed by atoms with Crippen molar-refractivity contribution in [1.82, 2.24) is 0 Å². The van der Waals surface area contributed by atoms with E-state index in [0.717, 1.165) is 5.56 Å². The molecule has 3 heteroatoms. The highest BCUT2D eigenvalue weighted by atomic mass is 16.6. The molecule has 0 aromatic heterocycles. The Balaban J connectivity index is 2.71. The molecule has 0 heterocycles. The summed E-state index contributed by atoms with van der Waals surface area (Å²) in [5.41, 5.74) is 0.708. The van der Waals surface area contributed by atoms with Crippen LogP contribution in [0.3, 0.4) is 0 Å². The van der Waals surface area contributed by atoms with Crippen molar-refractivity contribution in [2.75, 3.05) is 6.61 Å². The summed E-state index contributed by atoms with van der Waals surface area (Å²) in [5.74, 6) is -0.295. The molecule has 94 valence electrons. The lowest BCUT2D eigenvalue weighted by Crippen LogP contribution is -2.24. The van der Waals surface area contributed by atoms with Gasteiger partial charge in [-0.2, -0.15) is 0 Å². The molecule has 1 rings (SSSR count). The first-order valence-electron chi connectivity index (χ1n) is 5.74. The van der Waals surface area contributed by atoms with E-state index in [0.29, 0.717) is 6.61 Å². The van der Waals surface area contributed by atoms with Gasteiger partial charge in [0.1, 0.15) is 0 Å². The van der Waals surface area contributed by atoms with Crippen molar-refractivity contribution >= 4 is 5.97 Å². The molecular formula is C14H20O3. The molecule has 0 saturated carbocycles. The van der Waals surface area contributed by atoms with Gasteiger partial charge in [-0.25, -0.2) is 0 Å². The summed E-state index contributed by atoms with van der Waals surface area (Å²) in [6, 6.07) is 9.63. The Morgan fingerprint density at radius 3 is 2.29 bits per heavy atom. The normalized spacial score (nSPS) is 13.2. The predicted molar refractivity (Wildman–Crippen MR) is 66.7 cm³/mol. The number of rotatable bonds is 4. The van der Waals surface area contributed by atoms with Gasteiger partial charge >= 0.3 is 5.97 Å². The van der Waals surface area contributed by atoms with Gasteiger partial charge in [0.25, 0.3) is 0 Å². The lowest BCUT2D eigenvalue weighted by Gasteiger charge is -2.24. The van der Waals surface area contributed by atoms with Crippen LogP contribution in [0.1, 0.15) is 39.4 Å². The molecule has 0 radical (unpaired) electrons. The van der Waals surface area contributed by atoms with Crippen LogP contribution in [-0.4, -0.2) is 18.2 Å². The second-order valence-electron chi connectivity index (χ2n) is 4.93. The standard InChI is InChI=1S/C14H20O3/c1-11(15)17-13(10-16-14(2,3)4)12-8-6-5-7-9-12/h5-9,13H,10H2,1-4H3. The minimum absolute atomic E-state index is 0.243. The van der Waals surface area contributed by atoms with E-state index in [1.165, 1.54) is 6.92 Å². The molecule has 17 heavy (non-hydrogen) atoms. The van der Waals surface area contributed by atoms with Crippen molar-refractivity contribution in [3.63, 3.8) is 0 Å². The van der Waals surface area contributed by atoms with Crippen molar-refractivity contribution in [2.24, 2.45) is 0 Å². The summed E-state index contributed by atoms with van der Waals surface area (Å²) in [6.45, 7) is 7.70. The minimum Gasteiger partial charge on any atom is -0.455 e. The zero-order chi connectivity index (χ0) is 12.9. The molecule has 0 fully saturated rings. The van der Waals surface area contributed by atoms with E-state index in [4.69, 9.17) is 9.47 Å². The Hall–Kier alpha value is -1.35. The molecule has 1 aromatic carbocycles. The third kappa shape index (κ3) is 5.50. The molecule has 3 nitrogen and oxygen atoms in total. The number of hydrogen-bond donors (Lipinski definition) is 0. The lowest BCUT2D eigenvalue weighted by molar-refractivity contribution is -0.153. The third-order valence-electron chi connectivity index (χ3n) is 2.15. The highest BCUT2D eigenvalue weighted by molar-refractivity contribution is 5.66. The zero-order valence-electron chi connectivity index (χ0n) is 10.9. The van der Waals surface area contributed by atoms with Gasteiger partial charge in [-0.05, 0) is 26.3 Å². The first-order chi connectivity index (χ1) is 7.88. The van der Waals surface area contributed by atoms with E-state index in [1.54, 1.807) is 0 Å². The Kier molecular flexibility index (Phi) is 4.70. The van der Waals surface area contributed by atoms with Gasteiger partial charge in [0.05, 0.1) is 12.2 Å². The van der Waals surface area contributed by atoms with Crippen molar-refractivity contribution in [3.05, 3.63) is 35.9 Å². The van der Waals surface area contributed by atoms with Crippen LogP contribution in [0.2, 0.25) is 0 Å². The highest BCUT2D eigenvalue weighted by Crippen LogP contribution is 2.20. The van der Waals surface area contributed by atoms with Crippen molar-refractivity contribution in [2.45, 2.75) is 39.4 Å². The van der Waals surface area contributed by atoms with Crippen LogP contribution in [0, 0.1) is 0 Å². The molecule has 1 aromatic rings. The van der Waals surface area contributed by atoms with Gasteiger partial charge < -0.3 is 9.47 Å². The van der Waals surface area contributed by atoms with Crippen molar-refractivity contribution in [1.29, 1.82) is 0 Å². The molecule has 0 saturated heterocycles. The average Bonchev–Trinajstić information content (AvgIpc) is 2.24. The van der Waals surface area contributed by atoms with Crippen LogP contribution >= 0.6 is 0 Å². The van der Waals surface area contributed by atoms with E-state index < -0.39 is 0 Å². The summed E-state index contributed by atoms with van der Waals surface area (Å²) in [6.07, 6.45) is -0.340. The smallest absolute Gasteiger partial charge is 0.303 e. The molecule has 0 spiro atoms. The van der Waals surface area contributed by atoms with E-state index in [9.17, 15) is 4.79 Å². The summed E-state index contributed by atoms with van der Waals surface area (Å²) in [7, 11) is 0. The largest absolute Gasteiger partial charge is 0.455 e. The molecule has 0 aliphatic heterocycles. The SMILES string of the molecule is CC(=O)OC(COC(C)(C)C)c1ccccc1. The summed E-state index contributed by atoms with van der Waals surface area (Å²) >= 11 is 0. The highest BCUT2D eigenvalue weighted by Gasteiger charge is 2.19. The Morgan fingerprint density at radius 2 is 1.82 bits per heavy atom. The molecule has 0 amide bonds. The van der Waals surface area contributed by atoms with Crippen LogP contribution in [0.4, 0.5) is 0 Å². The van der Waals surface area contributed by atoms with Gasteiger partial charge in [0.2, 0.25) is 0 Å². The summed E-state index contributed by atoms with van der Waals surface area (Å²) < 4.78 is 10.9. The van der Waals surface area contributed by atoms with E-state index >= 15 is 0 Å². The monoisotopic (exact) mass is 236 g/mol.